The van der Waals surface area contributed by atoms with E-state index in [1.54, 1.807) is 33.0 Å². The van der Waals surface area contributed by atoms with Crippen molar-refractivity contribution >= 4 is 11.5 Å². The maximum absolute atomic E-state index is 10.7. The summed E-state index contributed by atoms with van der Waals surface area (Å²) in [6.07, 6.45) is 0. The molecule has 0 aliphatic rings. The molecule has 0 amide bonds. The zero-order chi connectivity index (χ0) is 14.7. The van der Waals surface area contributed by atoms with Gasteiger partial charge in [-0.15, -0.1) is 0 Å². The van der Waals surface area contributed by atoms with Gasteiger partial charge in [-0.25, -0.2) is 4.98 Å². The number of non-ortho nitro benzene ring substituents is 1. The molecule has 0 fully saturated rings. The Labute approximate surface area is 115 Å². The van der Waals surface area contributed by atoms with Crippen molar-refractivity contribution in [2.75, 3.05) is 12.4 Å². The summed E-state index contributed by atoms with van der Waals surface area (Å²) in [5.74, 6) is 2.13. The van der Waals surface area contributed by atoms with Crippen LogP contribution in [0.15, 0.2) is 24.3 Å². The molecule has 0 atom stereocenters. The van der Waals surface area contributed by atoms with E-state index in [2.05, 4.69) is 15.3 Å². The van der Waals surface area contributed by atoms with E-state index in [-0.39, 0.29) is 5.69 Å². The standard InChI is InChI=1S/C13H14N4O3/c1-8-6-10(17(18)19)4-5-11(8)20-13-7-12(14-3)15-9(2)16-13/h4-7H,1-3H3,(H,14,15,16). The fourth-order valence-corrected chi connectivity index (χ4v) is 1.69. The summed E-state index contributed by atoms with van der Waals surface area (Å²) in [7, 11) is 1.75. The molecule has 2 rings (SSSR count). The Hall–Kier alpha value is -2.70. The molecule has 0 aliphatic heterocycles. The number of aromatic nitrogens is 2. The highest BCUT2D eigenvalue weighted by Gasteiger charge is 2.10. The van der Waals surface area contributed by atoms with Gasteiger partial charge in [0.2, 0.25) is 5.88 Å². The summed E-state index contributed by atoms with van der Waals surface area (Å²) >= 11 is 0. The van der Waals surface area contributed by atoms with Gasteiger partial charge in [0.05, 0.1) is 4.92 Å². The second kappa shape index (κ2) is 5.52. The Morgan fingerprint density at radius 1 is 1.25 bits per heavy atom. The van der Waals surface area contributed by atoms with Gasteiger partial charge in [0.15, 0.2) is 0 Å². The summed E-state index contributed by atoms with van der Waals surface area (Å²) in [6.45, 7) is 3.51. The zero-order valence-electron chi connectivity index (χ0n) is 11.4. The average Bonchev–Trinajstić information content (AvgIpc) is 2.40. The first-order chi connectivity index (χ1) is 9.49. The highest BCUT2D eigenvalue weighted by molar-refractivity contribution is 5.45. The molecule has 2 aromatic rings. The maximum Gasteiger partial charge on any atom is 0.269 e. The first-order valence-corrected chi connectivity index (χ1v) is 5.96. The lowest BCUT2D eigenvalue weighted by atomic mass is 10.2. The van der Waals surface area contributed by atoms with Crippen LogP contribution in [-0.4, -0.2) is 21.9 Å². The fourth-order valence-electron chi connectivity index (χ4n) is 1.69. The van der Waals surface area contributed by atoms with Crippen LogP contribution in [-0.2, 0) is 0 Å². The van der Waals surface area contributed by atoms with Crippen molar-refractivity contribution in [2.45, 2.75) is 13.8 Å². The monoisotopic (exact) mass is 274 g/mol. The van der Waals surface area contributed by atoms with E-state index in [4.69, 9.17) is 4.74 Å². The number of benzene rings is 1. The van der Waals surface area contributed by atoms with Gasteiger partial charge in [0.1, 0.15) is 17.4 Å². The van der Waals surface area contributed by atoms with Gasteiger partial charge >= 0.3 is 0 Å². The van der Waals surface area contributed by atoms with Crippen LogP contribution in [0.25, 0.3) is 0 Å². The molecule has 7 nitrogen and oxygen atoms in total. The minimum Gasteiger partial charge on any atom is -0.439 e. The summed E-state index contributed by atoms with van der Waals surface area (Å²) in [5.41, 5.74) is 0.700. The van der Waals surface area contributed by atoms with Crippen molar-refractivity contribution < 1.29 is 9.66 Å². The average molecular weight is 274 g/mol. The van der Waals surface area contributed by atoms with Crippen molar-refractivity contribution in [1.82, 2.24) is 9.97 Å². The predicted molar refractivity (Wildman–Crippen MR) is 74.2 cm³/mol. The minimum atomic E-state index is -0.440. The van der Waals surface area contributed by atoms with E-state index >= 15 is 0 Å². The van der Waals surface area contributed by atoms with E-state index in [1.807, 2.05) is 0 Å². The van der Waals surface area contributed by atoms with Crippen molar-refractivity contribution in [3.8, 4) is 11.6 Å². The van der Waals surface area contributed by atoms with E-state index < -0.39 is 4.92 Å². The quantitative estimate of drug-likeness (QED) is 0.681. The molecule has 7 heteroatoms. The molecule has 1 N–H and O–H groups in total. The molecular weight excluding hydrogens is 260 g/mol. The number of hydrogen-bond donors (Lipinski definition) is 1. The minimum absolute atomic E-state index is 0.0321. The van der Waals surface area contributed by atoms with E-state index in [0.717, 1.165) is 0 Å². The van der Waals surface area contributed by atoms with Gasteiger partial charge in [-0.2, -0.15) is 4.98 Å². The van der Waals surface area contributed by atoms with E-state index in [9.17, 15) is 10.1 Å². The number of nitrogens with zero attached hydrogens (tertiary/aromatic N) is 3. The zero-order valence-corrected chi connectivity index (χ0v) is 11.4. The number of aryl methyl sites for hydroxylation is 2. The summed E-state index contributed by atoms with van der Waals surface area (Å²) < 4.78 is 5.65. The van der Waals surface area contributed by atoms with Crippen molar-refractivity contribution in [2.24, 2.45) is 0 Å². The number of ether oxygens (including phenoxy) is 1. The highest BCUT2D eigenvalue weighted by atomic mass is 16.6. The van der Waals surface area contributed by atoms with E-state index in [0.29, 0.717) is 28.8 Å². The number of rotatable bonds is 4. The summed E-state index contributed by atoms with van der Waals surface area (Å²) in [6, 6.07) is 6.08. The Bertz CT molecular complexity index is 658. The Morgan fingerprint density at radius 3 is 2.60 bits per heavy atom. The molecule has 0 saturated heterocycles. The molecule has 1 heterocycles. The van der Waals surface area contributed by atoms with Crippen LogP contribution < -0.4 is 10.1 Å². The first kappa shape index (κ1) is 13.7. The normalized spacial score (nSPS) is 10.2. The number of nitro groups is 1. The largest absolute Gasteiger partial charge is 0.439 e. The van der Waals surface area contributed by atoms with Gasteiger partial charge < -0.3 is 10.1 Å². The smallest absolute Gasteiger partial charge is 0.269 e. The van der Waals surface area contributed by atoms with Crippen LogP contribution in [0.1, 0.15) is 11.4 Å². The lowest BCUT2D eigenvalue weighted by Crippen LogP contribution is -1.99. The first-order valence-electron chi connectivity index (χ1n) is 5.96. The molecule has 20 heavy (non-hydrogen) atoms. The second-order valence-electron chi connectivity index (χ2n) is 4.20. The molecule has 0 radical (unpaired) electrons. The lowest BCUT2D eigenvalue weighted by molar-refractivity contribution is -0.384. The van der Waals surface area contributed by atoms with Crippen molar-refractivity contribution in [3.05, 3.63) is 45.8 Å². The van der Waals surface area contributed by atoms with Gasteiger partial charge in [0.25, 0.3) is 5.69 Å². The predicted octanol–water partition coefficient (Wildman–Crippen LogP) is 2.84. The van der Waals surface area contributed by atoms with E-state index in [1.165, 1.54) is 12.1 Å². The summed E-state index contributed by atoms with van der Waals surface area (Å²) in [5, 5.41) is 13.6. The molecule has 0 spiro atoms. The molecule has 104 valence electrons. The van der Waals surface area contributed by atoms with Crippen LogP contribution in [0.4, 0.5) is 11.5 Å². The van der Waals surface area contributed by atoms with Crippen LogP contribution in [0.3, 0.4) is 0 Å². The third-order valence-electron chi connectivity index (χ3n) is 2.65. The Kier molecular flexibility index (Phi) is 3.79. The van der Waals surface area contributed by atoms with Crippen molar-refractivity contribution in [1.29, 1.82) is 0 Å². The molecular formula is C13H14N4O3. The topological polar surface area (TPSA) is 90.2 Å². The van der Waals surface area contributed by atoms with Gasteiger partial charge in [-0.1, -0.05) is 0 Å². The fraction of sp³-hybridized carbons (Fsp3) is 0.231. The molecule has 0 aliphatic carbocycles. The number of nitrogens with one attached hydrogen (secondary N) is 1. The van der Waals surface area contributed by atoms with Gasteiger partial charge in [-0.05, 0) is 25.5 Å². The van der Waals surface area contributed by atoms with Gasteiger partial charge in [0, 0.05) is 25.2 Å². The lowest BCUT2D eigenvalue weighted by Gasteiger charge is -2.09. The second-order valence-corrected chi connectivity index (χ2v) is 4.20. The molecule has 1 aromatic heterocycles. The number of hydrogen-bond acceptors (Lipinski definition) is 6. The van der Waals surface area contributed by atoms with Crippen molar-refractivity contribution in [3.63, 3.8) is 0 Å². The van der Waals surface area contributed by atoms with Gasteiger partial charge in [-0.3, -0.25) is 10.1 Å². The van der Waals surface area contributed by atoms with Crippen LogP contribution >= 0.6 is 0 Å². The SMILES string of the molecule is CNc1cc(Oc2ccc([N+](=O)[O-])cc2C)nc(C)n1. The Balaban J connectivity index is 2.30. The third kappa shape index (κ3) is 3.00. The van der Waals surface area contributed by atoms with Crippen LogP contribution in [0, 0.1) is 24.0 Å². The third-order valence-corrected chi connectivity index (χ3v) is 2.65. The maximum atomic E-state index is 10.7. The van der Waals surface area contributed by atoms with Crippen LogP contribution in [0.2, 0.25) is 0 Å². The Morgan fingerprint density at radius 2 is 2.00 bits per heavy atom. The molecule has 0 unspecified atom stereocenters. The molecule has 0 bridgehead atoms. The number of anilines is 1. The highest BCUT2D eigenvalue weighted by Crippen LogP contribution is 2.27. The molecule has 1 aromatic carbocycles. The molecule has 0 saturated carbocycles. The van der Waals surface area contributed by atoms with Crippen LogP contribution in [0.5, 0.6) is 11.6 Å². The summed E-state index contributed by atoms with van der Waals surface area (Å²) in [4.78, 5) is 18.6. The number of nitro benzene ring substituents is 1.